The summed E-state index contributed by atoms with van der Waals surface area (Å²) in [5.41, 5.74) is 2.08. The van der Waals surface area contributed by atoms with Gasteiger partial charge in [-0.2, -0.15) is 0 Å². The molecule has 0 spiro atoms. The zero-order valence-electron chi connectivity index (χ0n) is 15.7. The van der Waals surface area contributed by atoms with Crippen LogP contribution in [0.2, 0.25) is 0 Å². The van der Waals surface area contributed by atoms with Crippen LogP contribution < -0.4 is 4.90 Å². The number of carbonyl (C=O) groups is 1. The summed E-state index contributed by atoms with van der Waals surface area (Å²) in [7, 11) is 0. The van der Waals surface area contributed by atoms with Gasteiger partial charge in [0.15, 0.2) is 0 Å². The zero-order valence-corrected chi connectivity index (χ0v) is 15.7. The molecule has 1 aromatic heterocycles. The van der Waals surface area contributed by atoms with E-state index in [2.05, 4.69) is 21.8 Å². The number of ether oxygens (including phenoxy) is 1. The van der Waals surface area contributed by atoms with Crippen LogP contribution in [0.1, 0.15) is 66.2 Å². The number of nitro groups is 1. The van der Waals surface area contributed by atoms with Gasteiger partial charge in [-0.25, -0.2) is 14.8 Å². The number of hydrogen-bond donors (Lipinski definition) is 0. The third-order valence-electron chi connectivity index (χ3n) is 5.48. The van der Waals surface area contributed by atoms with Gasteiger partial charge in [0, 0.05) is 30.8 Å². The van der Waals surface area contributed by atoms with Gasteiger partial charge < -0.3 is 9.64 Å². The van der Waals surface area contributed by atoms with E-state index in [1.165, 1.54) is 30.7 Å². The first-order valence-electron chi connectivity index (χ1n) is 9.59. The normalized spacial score (nSPS) is 21.2. The molecular formula is C20H22N4O4. The molecule has 1 saturated heterocycles. The number of carbonyl (C=O) groups excluding carboxylic acids is 1. The Morgan fingerprint density at radius 1 is 1.18 bits per heavy atom. The molecule has 0 N–H and O–H groups in total. The third kappa shape index (κ3) is 3.42. The fraction of sp³-hybridized carbons (Fsp3) is 0.450. The highest BCUT2D eigenvalue weighted by atomic mass is 16.6. The third-order valence-corrected chi connectivity index (χ3v) is 5.48. The van der Waals surface area contributed by atoms with E-state index in [1.807, 2.05) is 0 Å². The highest BCUT2D eigenvalue weighted by Crippen LogP contribution is 2.45. The van der Waals surface area contributed by atoms with Gasteiger partial charge in [0.2, 0.25) is 0 Å². The van der Waals surface area contributed by atoms with Crippen LogP contribution in [0.3, 0.4) is 0 Å². The van der Waals surface area contributed by atoms with E-state index in [-0.39, 0.29) is 17.2 Å². The maximum absolute atomic E-state index is 12.5. The highest BCUT2D eigenvalue weighted by Gasteiger charge is 2.36. The summed E-state index contributed by atoms with van der Waals surface area (Å²) in [5, 5.41) is 10.8. The van der Waals surface area contributed by atoms with Gasteiger partial charge in [0.1, 0.15) is 18.2 Å². The van der Waals surface area contributed by atoms with Crippen LogP contribution in [0.4, 0.5) is 11.5 Å². The number of fused-ring (bicyclic) bond motifs is 1. The van der Waals surface area contributed by atoms with Crippen LogP contribution in [-0.4, -0.2) is 34.0 Å². The van der Waals surface area contributed by atoms with Gasteiger partial charge in [0.25, 0.3) is 5.69 Å². The second-order valence-corrected chi connectivity index (χ2v) is 7.38. The molecule has 2 atom stereocenters. The van der Waals surface area contributed by atoms with Gasteiger partial charge in [-0.3, -0.25) is 10.1 Å². The first-order chi connectivity index (χ1) is 13.5. The van der Waals surface area contributed by atoms with Crippen LogP contribution in [0.25, 0.3) is 0 Å². The van der Waals surface area contributed by atoms with Crippen molar-refractivity contribution in [2.45, 2.75) is 44.6 Å². The predicted molar refractivity (Wildman–Crippen MR) is 102 cm³/mol. The number of aromatic nitrogens is 2. The van der Waals surface area contributed by atoms with E-state index in [9.17, 15) is 14.9 Å². The average molecular weight is 382 g/mol. The Morgan fingerprint density at radius 2 is 1.89 bits per heavy atom. The molecule has 8 heteroatoms. The summed E-state index contributed by atoms with van der Waals surface area (Å²) in [6.07, 6.45) is 5.34. The van der Waals surface area contributed by atoms with Crippen molar-refractivity contribution in [2.24, 2.45) is 0 Å². The summed E-state index contributed by atoms with van der Waals surface area (Å²) in [6, 6.07) is 5.44. The molecule has 8 nitrogen and oxygen atoms in total. The van der Waals surface area contributed by atoms with E-state index in [4.69, 9.17) is 4.74 Å². The number of hydrogen-bond acceptors (Lipinski definition) is 7. The Morgan fingerprint density at radius 3 is 2.57 bits per heavy atom. The lowest BCUT2D eigenvalue weighted by molar-refractivity contribution is -0.384. The maximum atomic E-state index is 12.5. The van der Waals surface area contributed by atoms with Crippen molar-refractivity contribution in [2.75, 3.05) is 18.0 Å². The Kier molecular flexibility index (Phi) is 4.93. The average Bonchev–Trinajstić information content (AvgIpc) is 3.04. The number of nitrogens with zero attached hydrogens (tertiary/aromatic N) is 4. The number of non-ortho nitro benzene ring substituents is 1. The van der Waals surface area contributed by atoms with Crippen molar-refractivity contribution in [1.82, 2.24) is 9.97 Å². The molecule has 1 aromatic carbocycles. The summed E-state index contributed by atoms with van der Waals surface area (Å²) in [6.45, 7) is 4.09. The largest absolute Gasteiger partial charge is 0.452 e. The second-order valence-electron chi connectivity index (χ2n) is 7.38. The minimum atomic E-state index is -0.502. The Balaban J connectivity index is 1.55. The lowest BCUT2D eigenvalue weighted by Crippen LogP contribution is -2.31. The molecule has 2 aromatic rings. The van der Waals surface area contributed by atoms with Crippen LogP contribution in [0.5, 0.6) is 0 Å². The van der Waals surface area contributed by atoms with Crippen LogP contribution in [0, 0.1) is 10.1 Å². The molecule has 1 aliphatic carbocycles. The smallest absolute Gasteiger partial charge is 0.338 e. The molecule has 0 amide bonds. The van der Waals surface area contributed by atoms with Gasteiger partial charge >= 0.3 is 5.97 Å². The molecule has 0 radical (unpaired) electrons. The monoisotopic (exact) mass is 382 g/mol. The van der Waals surface area contributed by atoms with Crippen molar-refractivity contribution in [1.29, 1.82) is 0 Å². The first kappa shape index (κ1) is 18.3. The summed E-state index contributed by atoms with van der Waals surface area (Å²) < 4.78 is 5.72. The molecule has 2 aliphatic rings. The number of benzene rings is 1. The topological polar surface area (TPSA) is 98.5 Å². The fourth-order valence-electron chi connectivity index (χ4n) is 4.06. The molecule has 28 heavy (non-hydrogen) atoms. The minimum absolute atomic E-state index is 0.0599. The second kappa shape index (κ2) is 7.53. The quantitative estimate of drug-likeness (QED) is 0.451. The minimum Gasteiger partial charge on any atom is -0.452 e. The number of anilines is 1. The van der Waals surface area contributed by atoms with Crippen molar-refractivity contribution < 1.29 is 14.5 Å². The van der Waals surface area contributed by atoms with E-state index < -0.39 is 17.0 Å². The zero-order chi connectivity index (χ0) is 19.7. The summed E-state index contributed by atoms with van der Waals surface area (Å²) >= 11 is 0. The molecule has 4 rings (SSSR count). The van der Waals surface area contributed by atoms with E-state index in [0.29, 0.717) is 6.42 Å². The number of piperidine rings is 1. The van der Waals surface area contributed by atoms with Crippen molar-refractivity contribution in [3.63, 3.8) is 0 Å². The molecule has 146 valence electrons. The molecule has 0 unspecified atom stereocenters. The van der Waals surface area contributed by atoms with Gasteiger partial charge in [-0.1, -0.05) is 6.92 Å². The van der Waals surface area contributed by atoms with E-state index in [0.717, 1.165) is 43.0 Å². The molecule has 1 aliphatic heterocycles. The molecule has 2 heterocycles. The van der Waals surface area contributed by atoms with Crippen molar-refractivity contribution in [3.8, 4) is 0 Å². The Hall–Kier alpha value is -3.03. The van der Waals surface area contributed by atoms with E-state index in [1.54, 1.807) is 6.33 Å². The van der Waals surface area contributed by atoms with Gasteiger partial charge in [-0.05, 0) is 43.7 Å². The molecular weight excluding hydrogens is 360 g/mol. The maximum Gasteiger partial charge on any atom is 0.338 e. The Bertz CT molecular complexity index is 894. The van der Waals surface area contributed by atoms with Gasteiger partial charge in [0.05, 0.1) is 16.2 Å². The molecule has 0 saturated carbocycles. The predicted octanol–water partition coefficient (Wildman–Crippen LogP) is 3.78. The first-order valence-corrected chi connectivity index (χ1v) is 9.59. The Labute approximate surface area is 162 Å². The van der Waals surface area contributed by atoms with Gasteiger partial charge in [-0.15, -0.1) is 0 Å². The standard InChI is InChI=1S/C20H22N4O4/c1-13-11-16(28-20(25)14-5-7-15(8-6-14)24(26)27)18-17(13)19(22-12-21-18)23-9-3-2-4-10-23/h5-8,12-13,16H,2-4,9-11H2,1H3/t13-,16-/m1/s1. The summed E-state index contributed by atoms with van der Waals surface area (Å²) in [4.78, 5) is 34.1. The highest BCUT2D eigenvalue weighted by molar-refractivity contribution is 5.89. The lowest BCUT2D eigenvalue weighted by atomic mass is 10.0. The van der Waals surface area contributed by atoms with Crippen molar-refractivity contribution >= 4 is 17.5 Å². The number of nitro benzene ring substituents is 1. The van der Waals surface area contributed by atoms with Crippen LogP contribution in [0.15, 0.2) is 30.6 Å². The SMILES string of the molecule is C[C@@H]1C[C@@H](OC(=O)c2ccc([N+](=O)[O-])cc2)c2ncnc(N3CCCCC3)c21. The number of rotatable bonds is 4. The van der Waals surface area contributed by atoms with Crippen LogP contribution >= 0.6 is 0 Å². The lowest BCUT2D eigenvalue weighted by Gasteiger charge is -2.29. The molecule has 0 bridgehead atoms. The van der Waals surface area contributed by atoms with E-state index >= 15 is 0 Å². The summed E-state index contributed by atoms with van der Waals surface area (Å²) in [5.74, 6) is 0.659. The van der Waals surface area contributed by atoms with Crippen LogP contribution in [-0.2, 0) is 4.74 Å². The van der Waals surface area contributed by atoms with Crippen molar-refractivity contribution in [3.05, 3.63) is 57.5 Å². The fourth-order valence-corrected chi connectivity index (χ4v) is 4.06. The molecule has 1 fully saturated rings. The number of esters is 1.